The van der Waals surface area contributed by atoms with Crippen molar-refractivity contribution in [3.05, 3.63) is 35.8 Å². The van der Waals surface area contributed by atoms with Gasteiger partial charge in [-0.05, 0) is 31.4 Å². The van der Waals surface area contributed by atoms with Gasteiger partial charge in [0.1, 0.15) is 0 Å². The van der Waals surface area contributed by atoms with Crippen LogP contribution in [0.1, 0.15) is 40.4 Å². The van der Waals surface area contributed by atoms with Crippen LogP contribution in [0.2, 0.25) is 0 Å². The minimum absolute atomic E-state index is 0.373. The summed E-state index contributed by atoms with van der Waals surface area (Å²) in [6.45, 7) is 0. The number of carboxylic acids is 2. The van der Waals surface area contributed by atoms with Gasteiger partial charge in [-0.15, -0.1) is 0 Å². The van der Waals surface area contributed by atoms with E-state index in [1.807, 2.05) is 0 Å². The number of carbonyl (C=O) groups is 2. The molecule has 0 atom stereocenters. The lowest BCUT2D eigenvalue weighted by Gasteiger charge is -1.84. The topological polar surface area (TPSA) is 87.7 Å². The van der Waals surface area contributed by atoms with Crippen molar-refractivity contribution in [3.8, 4) is 0 Å². The summed E-state index contributed by atoms with van der Waals surface area (Å²) in [6, 6.07) is 2.18. The van der Waals surface area contributed by atoms with Gasteiger partial charge in [0, 0.05) is 0 Å². The Bertz CT molecular complexity index is 368. The van der Waals surface area contributed by atoms with E-state index in [0.29, 0.717) is 0 Å². The van der Waals surface area contributed by atoms with Crippen molar-refractivity contribution >= 4 is 11.9 Å². The first-order valence-electron chi connectivity index (χ1n) is 4.82. The minimum atomic E-state index is -1.28. The van der Waals surface area contributed by atoms with Gasteiger partial charge in [-0.3, -0.25) is 0 Å². The van der Waals surface area contributed by atoms with Gasteiger partial charge in [0.25, 0.3) is 0 Å². The number of hydrogen-bond acceptors (Lipinski definition) is 3. The highest BCUT2D eigenvalue weighted by Crippen LogP contribution is 2.07. The van der Waals surface area contributed by atoms with E-state index >= 15 is 0 Å². The zero-order chi connectivity index (χ0) is 12.0. The molecule has 0 saturated carbocycles. The molecule has 0 bridgehead atoms. The first-order chi connectivity index (χ1) is 7.61. The Morgan fingerprint density at radius 2 is 1.44 bits per heavy atom. The summed E-state index contributed by atoms with van der Waals surface area (Å²) in [6.07, 6.45) is 8.50. The first-order valence-corrected chi connectivity index (χ1v) is 4.82. The molecule has 0 spiro atoms. The number of hydrogen-bond donors (Lipinski definition) is 2. The van der Waals surface area contributed by atoms with E-state index in [-0.39, 0.29) is 11.5 Å². The second-order valence-corrected chi connectivity index (χ2v) is 3.18. The summed E-state index contributed by atoms with van der Waals surface area (Å²) in [5.41, 5.74) is 0. The van der Waals surface area contributed by atoms with Gasteiger partial charge in [-0.2, -0.15) is 0 Å². The molecule has 1 aromatic rings. The van der Waals surface area contributed by atoms with Crippen molar-refractivity contribution in [1.82, 2.24) is 0 Å². The van der Waals surface area contributed by atoms with Crippen LogP contribution in [0.5, 0.6) is 0 Å². The Morgan fingerprint density at radius 1 is 1.00 bits per heavy atom. The summed E-state index contributed by atoms with van der Waals surface area (Å²) in [4.78, 5) is 20.3. The van der Waals surface area contributed by atoms with Crippen LogP contribution in [0, 0.1) is 0 Å². The summed E-state index contributed by atoms with van der Waals surface area (Å²) < 4.78 is 4.41. The number of furan rings is 1. The molecule has 86 valence electrons. The third kappa shape index (κ3) is 3.61. The van der Waals surface area contributed by atoms with E-state index in [1.165, 1.54) is 19.3 Å². The van der Waals surface area contributed by atoms with Gasteiger partial charge in [0.2, 0.25) is 11.5 Å². The fourth-order valence-corrected chi connectivity index (χ4v) is 1.16. The Labute approximate surface area is 92.0 Å². The molecule has 0 amide bonds. The molecule has 0 aromatic carbocycles. The number of carboxylic acid groups (broad SMARTS) is 2. The first kappa shape index (κ1) is 12.0. The van der Waals surface area contributed by atoms with E-state index in [1.54, 1.807) is 0 Å². The number of aromatic carboxylic acids is 2. The van der Waals surface area contributed by atoms with Crippen LogP contribution in [0.15, 0.2) is 28.7 Å². The van der Waals surface area contributed by atoms with Gasteiger partial charge >= 0.3 is 11.9 Å². The average Bonchev–Trinajstić information content (AvgIpc) is 2.93. The molecule has 0 radical (unpaired) electrons. The maximum atomic E-state index is 10.2. The fraction of sp³-hybridized carbons (Fsp3) is 0.273. The summed E-state index contributed by atoms with van der Waals surface area (Å²) in [5.74, 6) is -3.31. The largest absolute Gasteiger partial charge is 0.475 e. The normalized spacial score (nSPS) is 13.0. The Hall–Kier alpha value is -2.04. The Morgan fingerprint density at radius 3 is 1.62 bits per heavy atom. The molecule has 1 aliphatic carbocycles. The van der Waals surface area contributed by atoms with Crippen molar-refractivity contribution < 1.29 is 24.2 Å². The second kappa shape index (κ2) is 5.75. The molecule has 2 rings (SSSR count). The molecule has 5 heteroatoms. The van der Waals surface area contributed by atoms with E-state index in [9.17, 15) is 9.59 Å². The highest BCUT2D eigenvalue weighted by atomic mass is 16.4. The molecule has 2 N–H and O–H groups in total. The molecular weight excluding hydrogens is 212 g/mol. The number of allylic oxidation sites excluding steroid dienone is 2. The number of rotatable bonds is 2. The standard InChI is InChI=1S/C6H4O5.C5H8/c7-5(8)3-1-2-4(11-3)6(9)10;1-2-4-5-3-1/h1-2H,(H,7,8)(H,9,10);1-2H,3-5H2. The van der Waals surface area contributed by atoms with Crippen molar-refractivity contribution in [3.63, 3.8) is 0 Å². The maximum Gasteiger partial charge on any atom is 0.371 e. The molecule has 5 nitrogen and oxygen atoms in total. The van der Waals surface area contributed by atoms with E-state index in [4.69, 9.17) is 10.2 Å². The minimum Gasteiger partial charge on any atom is -0.475 e. The van der Waals surface area contributed by atoms with Crippen LogP contribution >= 0.6 is 0 Å². The van der Waals surface area contributed by atoms with E-state index in [0.717, 1.165) is 12.1 Å². The van der Waals surface area contributed by atoms with Crippen molar-refractivity contribution in [1.29, 1.82) is 0 Å². The zero-order valence-corrected chi connectivity index (χ0v) is 8.55. The van der Waals surface area contributed by atoms with Crippen LogP contribution in [-0.4, -0.2) is 22.2 Å². The molecule has 0 unspecified atom stereocenters. The van der Waals surface area contributed by atoms with Crippen LogP contribution in [-0.2, 0) is 0 Å². The van der Waals surface area contributed by atoms with Crippen LogP contribution in [0.4, 0.5) is 0 Å². The summed E-state index contributed by atoms with van der Waals surface area (Å²) in [7, 11) is 0. The lowest BCUT2D eigenvalue weighted by molar-refractivity contribution is 0.0632. The van der Waals surface area contributed by atoms with Crippen molar-refractivity contribution in [2.75, 3.05) is 0 Å². The molecule has 16 heavy (non-hydrogen) atoms. The summed E-state index contributed by atoms with van der Waals surface area (Å²) >= 11 is 0. The van der Waals surface area contributed by atoms with Gasteiger partial charge in [0.05, 0.1) is 0 Å². The quantitative estimate of drug-likeness (QED) is 0.753. The SMILES string of the molecule is C1=CCCC1.O=C(O)c1ccc(C(=O)O)o1. The molecule has 1 aliphatic rings. The van der Waals surface area contributed by atoms with Gasteiger partial charge in [-0.25, -0.2) is 9.59 Å². The second-order valence-electron chi connectivity index (χ2n) is 3.18. The smallest absolute Gasteiger partial charge is 0.371 e. The molecule has 1 heterocycles. The lowest BCUT2D eigenvalue weighted by atomic mass is 10.4. The molecule has 1 aromatic heterocycles. The highest BCUT2D eigenvalue weighted by molar-refractivity contribution is 5.88. The third-order valence-corrected chi connectivity index (χ3v) is 1.94. The van der Waals surface area contributed by atoms with E-state index < -0.39 is 11.9 Å². The zero-order valence-electron chi connectivity index (χ0n) is 8.55. The predicted octanol–water partition coefficient (Wildman–Crippen LogP) is 2.40. The Kier molecular flexibility index (Phi) is 4.32. The molecule has 0 saturated heterocycles. The van der Waals surface area contributed by atoms with Crippen molar-refractivity contribution in [2.24, 2.45) is 0 Å². The molecular formula is C11H12O5. The lowest BCUT2D eigenvalue weighted by Crippen LogP contribution is -1.94. The summed E-state index contributed by atoms with van der Waals surface area (Å²) in [5, 5.41) is 16.6. The predicted molar refractivity (Wildman–Crippen MR) is 55.6 cm³/mol. The fourth-order valence-electron chi connectivity index (χ4n) is 1.16. The molecule has 0 aliphatic heterocycles. The molecule has 0 fully saturated rings. The monoisotopic (exact) mass is 224 g/mol. The van der Waals surface area contributed by atoms with Crippen molar-refractivity contribution in [2.45, 2.75) is 19.3 Å². The van der Waals surface area contributed by atoms with Gasteiger partial charge in [0.15, 0.2) is 0 Å². The Balaban J connectivity index is 0.000000212. The highest BCUT2D eigenvalue weighted by Gasteiger charge is 2.12. The average molecular weight is 224 g/mol. The van der Waals surface area contributed by atoms with Crippen LogP contribution in [0.25, 0.3) is 0 Å². The van der Waals surface area contributed by atoms with E-state index in [2.05, 4.69) is 16.6 Å². The maximum absolute atomic E-state index is 10.2. The van der Waals surface area contributed by atoms with Gasteiger partial charge in [-0.1, -0.05) is 12.2 Å². The van der Waals surface area contributed by atoms with Gasteiger partial charge < -0.3 is 14.6 Å². The van der Waals surface area contributed by atoms with Crippen LogP contribution < -0.4 is 0 Å². The third-order valence-electron chi connectivity index (χ3n) is 1.94. The van der Waals surface area contributed by atoms with Crippen LogP contribution in [0.3, 0.4) is 0 Å².